The Morgan fingerprint density at radius 1 is 1.03 bits per heavy atom. The number of aromatic nitrogens is 5. The summed E-state index contributed by atoms with van der Waals surface area (Å²) in [5, 5.41) is 21.6. The van der Waals surface area contributed by atoms with E-state index in [4.69, 9.17) is 0 Å². The van der Waals surface area contributed by atoms with E-state index in [9.17, 15) is 9.59 Å². The van der Waals surface area contributed by atoms with Crippen LogP contribution < -0.4 is 15.5 Å². The van der Waals surface area contributed by atoms with Gasteiger partial charge in [0.2, 0.25) is 11.8 Å². The van der Waals surface area contributed by atoms with Crippen molar-refractivity contribution in [1.82, 2.24) is 25.3 Å². The van der Waals surface area contributed by atoms with Crippen molar-refractivity contribution in [3.05, 3.63) is 36.4 Å². The lowest BCUT2D eigenvalue weighted by atomic mass is 9.96. The van der Waals surface area contributed by atoms with Gasteiger partial charge in [0.15, 0.2) is 11.5 Å². The Morgan fingerprint density at radius 2 is 1.71 bits per heavy atom. The zero-order valence-corrected chi connectivity index (χ0v) is 17.7. The molecule has 0 aliphatic carbocycles. The van der Waals surface area contributed by atoms with Crippen LogP contribution in [0.5, 0.6) is 0 Å². The van der Waals surface area contributed by atoms with Crippen LogP contribution in [-0.2, 0) is 9.59 Å². The van der Waals surface area contributed by atoms with E-state index in [1.165, 1.54) is 4.63 Å². The lowest BCUT2D eigenvalue weighted by Crippen LogP contribution is -2.38. The van der Waals surface area contributed by atoms with Gasteiger partial charge in [-0.3, -0.25) is 9.59 Å². The molecule has 0 bridgehead atoms. The van der Waals surface area contributed by atoms with E-state index in [1.54, 1.807) is 12.1 Å². The second-order valence-electron chi connectivity index (χ2n) is 8.19. The van der Waals surface area contributed by atoms with Crippen LogP contribution in [0.15, 0.2) is 36.4 Å². The van der Waals surface area contributed by atoms with Crippen LogP contribution in [0.1, 0.15) is 33.1 Å². The summed E-state index contributed by atoms with van der Waals surface area (Å²) < 4.78 is 1.41. The first-order chi connectivity index (χ1) is 15.0. The molecule has 10 heteroatoms. The second-order valence-corrected chi connectivity index (χ2v) is 8.19. The normalized spacial score (nSPS) is 14.7. The molecule has 1 fully saturated rings. The van der Waals surface area contributed by atoms with Gasteiger partial charge in [-0.05, 0) is 65.6 Å². The lowest BCUT2D eigenvalue weighted by molar-refractivity contribution is -0.120. The Morgan fingerprint density at radius 3 is 2.39 bits per heavy atom. The van der Waals surface area contributed by atoms with Crippen molar-refractivity contribution >= 4 is 34.7 Å². The number of hydrogen-bond donors (Lipinski definition) is 2. The van der Waals surface area contributed by atoms with Gasteiger partial charge in [-0.15, -0.1) is 14.8 Å². The molecule has 1 aliphatic rings. The van der Waals surface area contributed by atoms with Gasteiger partial charge in [-0.25, -0.2) is 0 Å². The summed E-state index contributed by atoms with van der Waals surface area (Å²) in [6, 6.07) is 10.9. The molecule has 1 saturated heterocycles. The van der Waals surface area contributed by atoms with Crippen molar-refractivity contribution in [2.45, 2.75) is 33.1 Å². The SMILES string of the molecule is CC(C)CC(=O)Nc1ccc(NC(=O)C2CCN(c3ccc4nnnn4n3)CC2)cc1. The topological polar surface area (TPSA) is 117 Å². The third-order valence-electron chi connectivity index (χ3n) is 5.28. The highest BCUT2D eigenvalue weighted by molar-refractivity contribution is 5.94. The number of nitrogens with one attached hydrogen (secondary N) is 2. The van der Waals surface area contributed by atoms with E-state index in [0.29, 0.717) is 18.0 Å². The molecule has 0 radical (unpaired) electrons. The minimum Gasteiger partial charge on any atom is -0.355 e. The quantitative estimate of drug-likeness (QED) is 0.626. The standard InChI is InChI=1S/C21H26N8O2/c1-14(2)13-20(30)22-16-3-5-17(6-4-16)23-21(31)15-9-11-28(12-10-15)19-8-7-18-24-26-27-29(18)25-19/h3-8,14-15H,9-13H2,1-2H3,(H,22,30)(H,23,31). The first-order valence-corrected chi connectivity index (χ1v) is 10.5. The summed E-state index contributed by atoms with van der Waals surface area (Å²) in [5.41, 5.74) is 2.05. The van der Waals surface area contributed by atoms with Crippen LogP contribution in [0.4, 0.5) is 17.2 Å². The highest BCUT2D eigenvalue weighted by atomic mass is 16.2. The fourth-order valence-electron chi connectivity index (χ4n) is 3.64. The highest BCUT2D eigenvalue weighted by Gasteiger charge is 2.26. The first-order valence-electron chi connectivity index (χ1n) is 10.5. The van der Waals surface area contributed by atoms with Crippen molar-refractivity contribution in [2.24, 2.45) is 11.8 Å². The third kappa shape index (κ3) is 5.14. The summed E-state index contributed by atoms with van der Waals surface area (Å²) in [7, 11) is 0. The predicted octanol–water partition coefficient (Wildman–Crippen LogP) is 2.36. The maximum absolute atomic E-state index is 12.7. The van der Waals surface area contributed by atoms with Crippen molar-refractivity contribution in [3.8, 4) is 0 Å². The molecule has 0 unspecified atom stereocenters. The van der Waals surface area contributed by atoms with Gasteiger partial charge in [-0.1, -0.05) is 13.8 Å². The summed E-state index contributed by atoms with van der Waals surface area (Å²) in [6.07, 6.45) is 1.96. The van der Waals surface area contributed by atoms with Crippen molar-refractivity contribution < 1.29 is 9.59 Å². The molecule has 0 saturated carbocycles. The fourth-order valence-corrected chi connectivity index (χ4v) is 3.64. The highest BCUT2D eigenvalue weighted by Crippen LogP contribution is 2.23. The van der Waals surface area contributed by atoms with E-state index >= 15 is 0 Å². The average Bonchev–Trinajstić information content (AvgIpc) is 3.22. The van der Waals surface area contributed by atoms with Gasteiger partial charge < -0.3 is 15.5 Å². The van der Waals surface area contributed by atoms with E-state index in [0.717, 1.165) is 43.1 Å². The number of carbonyl (C=O) groups is 2. The van der Waals surface area contributed by atoms with E-state index in [-0.39, 0.29) is 17.7 Å². The second kappa shape index (κ2) is 9.07. The Bertz CT molecular complexity index is 1050. The van der Waals surface area contributed by atoms with Crippen LogP contribution in [0.25, 0.3) is 5.65 Å². The summed E-state index contributed by atoms with van der Waals surface area (Å²) >= 11 is 0. The first kappa shape index (κ1) is 20.7. The molecule has 10 nitrogen and oxygen atoms in total. The maximum Gasteiger partial charge on any atom is 0.227 e. The van der Waals surface area contributed by atoms with Gasteiger partial charge in [0.25, 0.3) is 0 Å². The van der Waals surface area contributed by atoms with Crippen LogP contribution in [-0.4, -0.2) is 50.2 Å². The lowest BCUT2D eigenvalue weighted by Gasteiger charge is -2.31. The smallest absolute Gasteiger partial charge is 0.227 e. The number of benzene rings is 1. The molecule has 2 aromatic heterocycles. The molecule has 162 valence electrons. The number of rotatable bonds is 6. The van der Waals surface area contributed by atoms with Crippen molar-refractivity contribution in [1.29, 1.82) is 0 Å². The molecule has 2 N–H and O–H groups in total. The van der Waals surface area contributed by atoms with Crippen LogP contribution in [0.2, 0.25) is 0 Å². The molecule has 0 spiro atoms. The van der Waals surface area contributed by atoms with Crippen LogP contribution in [0, 0.1) is 11.8 Å². The van der Waals surface area contributed by atoms with E-state index in [2.05, 4.69) is 36.2 Å². The predicted molar refractivity (Wildman–Crippen MR) is 117 cm³/mol. The third-order valence-corrected chi connectivity index (χ3v) is 5.28. The Balaban J connectivity index is 1.28. The minimum absolute atomic E-state index is 0.00716. The number of amides is 2. The number of piperidine rings is 1. The summed E-state index contributed by atoms with van der Waals surface area (Å²) in [4.78, 5) is 26.7. The average molecular weight is 422 g/mol. The molecular weight excluding hydrogens is 396 g/mol. The van der Waals surface area contributed by atoms with Crippen molar-refractivity contribution in [2.75, 3.05) is 28.6 Å². The van der Waals surface area contributed by atoms with Crippen molar-refractivity contribution in [3.63, 3.8) is 0 Å². The largest absolute Gasteiger partial charge is 0.355 e. The fraction of sp³-hybridized carbons (Fsp3) is 0.429. The Kier molecular flexibility index (Phi) is 6.06. The van der Waals surface area contributed by atoms with Crippen LogP contribution in [0.3, 0.4) is 0 Å². The maximum atomic E-state index is 12.7. The van der Waals surface area contributed by atoms with E-state index in [1.807, 2.05) is 38.1 Å². The van der Waals surface area contributed by atoms with Gasteiger partial charge in [0.05, 0.1) is 0 Å². The van der Waals surface area contributed by atoms with Gasteiger partial charge >= 0.3 is 0 Å². The van der Waals surface area contributed by atoms with Gasteiger partial charge in [0.1, 0.15) is 0 Å². The van der Waals surface area contributed by atoms with Crippen LogP contribution >= 0.6 is 0 Å². The Hall–Kier alpha value is -3.56. The molecule has 31 heavy (non-hydrogen) atoms. The molecular formula is C21H26N8O2. The monoisotopic (exact) mass is 422 g/mol. The number of tetrazole rings is 1. The Labute approximate surface area is 180 Å². The number of fused-ring (bicyclic) bond motifs is 1. The number of hydrogen-bond acceptors (Lipinski definition) is 7. The van der Waals surface area contributed by atoms with Gasteiger partial charge in [0, 0.05) is 36.8 Å². The van der Waals surface area contributed by atoms with Gasteiger partial charge in [-0.2, -0.15) is 0 Å². The number of carbonyl (C=O) groups excluding carboxylic acids is 2. The molecule has 4 rings (SSSR count). The zero-order valence-electron chi connectivity index (χ0n) is 17.7. The summed E-state index contributed by atoms with van der Waals surface area (Å²) in [5.74, 6) is 1.06. The molecule has 1 aliphatic heterocycles. The number of nitrogens with zero attached hydrogens (tertiary/aromatic N) is 6. The zero-order chi connectivity index (χ0) is 21.8. The number of anilines is 3. The summed E-state index contributed by atoms with van der Waals surface area (Å²) in [6.45, 7) is 5.48. The molecule has 0 atom stereocenters. The van der Waals surface area contributed by atoms with E-state index < -0.39 is 0 Å². The molecule has 1 aromatic carbocycles. The molecule has 3 aromatic rings. The minimum atomic E-state index is -0.0570. The molecule has 3 heterocycles. The molecule has 2 amide bonds.